The Kier molecular flexibility index (Phi) is 5.48. The Morgan fingerprint density at radius 2 is 1.80 bits per heavy atom. The monoisotopic (exact) mass is 437 g/mol. The molecule has 1 aromatic heterocycles. The summed E-state index contributed by atoms with van der Waals surface area (Å²) in [4.78, 5) is 35.6. The van der Waals surface area contributed by atoms with Crippen LogP contribution in [0.15, 0.2) is 53.4 Å². The fraction of sp³-hybridized carbons (Fsp3) is 0.348. The number of carbonyl (C=O) groups is 2. The number of para-hydroxylation sites is 2. The first-order valence-electron chi connectivity index (χ1n) is 10.4. The van der Waals surface area contributed by atoms with Gasteiger partial charge in [-0.25, -0.2) is 4.98 Å². The Balaban J connectivity index is 1.25. The highest BCUT2D eigenvalue weighted by molar-refractivity contribution is 7.99. The van der Waals surface area contributed by atoms with E-state index in [1.165, 1.54) is 0 Å². The number of thioether (sulfide) groups is 1. The predicted octanol–water partition coefficient (Wildman–Crippen LogP) is 4.88. The van der Waals surface area contributed by atoms with Crippen LogP contribution in [0.4, 0.5) is 5.69 Å². The van der Waals surface area contributed by atoms with Gasteiger partial charge in [0.1, 0.15) is 5.01 Å². The molecular formula is C23H23N3O2S2. The molecule has 2 amide bonds. The lowest BCUT2D eigenvalue weighted by atomic mass is 10.2. The summed E-state index contributed by atoms with van der Waals surface area (Å²) in [7, 11) is 0. The highest BCUT2D eigenvalue weighted by atomic mass is 32.2. The van der Waals surface area contributed by atoms with Crippen LogP contribution < -0.4 is 4.90 Å². The SMILES string of the molecule is O=C(CCC(=O)N1CCCC1c1nc2ccccc2s1)N1CCSc2ccccc21. The van der Waals surface area contributed by atoms with Crippen LogP contribution in [0.5, 0.6) is 0 Å². The first-order valence-corrected chi connectivity index (χ1v) is 12.2. The molecule has 30 heavy (non-hydrogen) atoms. The molecule has 1 fully saturated rings. The third kappa shape index (κ3) is 3.72. The molecule has 0 aliphatic carbocycles. The summed E-state index contributed by atoms with van der Waals surface area (Å²) in [5, 5.41) is 1.01. The van der Waals surface area contributed by atoms with E-state index in [1.54, 1.807) is 23.1 Å². The predicted molar refractivity (Wildman–Crippen MR) is 122 cm³/mol. The number of fused-ring (bicyclic) bond motifs is 2. The second-order valence-corrected chi connectivity index (χ2v) is 9.83. The summed E-state index contributed by atoms with van der Waals surface area (Å²) in [6.45, 7) is 1.45. The number of aromatic nitrogens is 1. The second-order valence-electron chi connectivity index (χ2n) is 7.63. The molecule has 2 aliphatic heterocycles. The number of hydrogen-bond donors (Lipinski definition) is 0. The van der Waals surface area contributed by atoms with E-state index in [1.807, 2.05) is 46.2 Å². The molecule has 1 atom stereocenters. The third-order valence-corrected chi connectivity index (χ3v) is 7.93. The van der Waals surface area contributed by atoms with Gasteiger partial charge in [0.2, 0.25) is 11.8 Å². The molecule has 0 bridgehead atoms. The smallest absolute Gasteiger partial charge is 0.227 e. The van der Waals surface area contributed by atoms with Gasteiger partial charge in [-0.1, -0.05) is 24.3 Å². The number of amides is 2. The number of benzene rings is 2. The second kappa shape index (κ2) is 8.40. The molecule has 154 valence electrons. The van der Waals surface area contributed by atoms with E-state index in [9.17, 15) is 9.59 Å². The molecule has 2 aliphatic rings. The number of anilines is 1. The first-order chi connectivity index (χ1) is 14.7. The summed E-state index contributed by atoms with van der Waals surface area (Å²) in [5.41, 5.74) is 1.97. The molecular weight excluding hydrogens is 414 g/mol. The van der Waals surface area contributed by atoms with Gasteiger partial charge in [0.25, 0.3) is 0 Å². The Labute approximate surface area is 184 Å². The van der Waals surface area contributed by atoms with Crippen LogP contribution in [-0.4, -0.2) is 40.5 Å². The fourth-order valence-electron chi connectivity index (χ4n) is 4.28. The molecule has 7 heteroatoms. The number of likely N-dealkylation sites (tertiary alicyclic amines) is 1. The van der Waals surface area contributed by atoms with Gasteiger partial charge in [0.15, 0.2) is 0 Å². The maximum absolute atomic E-state index is 13.0. The van der Waals surface area contributed by atoms with Crippen LogP contribution in [0.25, 0.3) is 10.2 Å². The van der Waals surface area contributed by atoms with E-state index in [-0.39, 0.29) is 30.7 Å². The van der Waals surface area contributed by atoms with E-state index in [2.05, 4.69) is 12.1 Å². The highest BCUT2D eigenvalue weighted by Gasteiger charge is 2.32. The zero-order valence-corrected chi connectivity index (χ0v) is 18.3. The highest BCUT2D eigenvalue weighted by Crippen LogP contribution is 2.37. The molecule has 5 rings (SSSR count). The van der Waals surface area contributed by atoms with Crippen molar-refractivity contribution in [2.75, 3.05) is 23.7 Å². The zero-order valence-electron chi connectivity index (χ0n) is 16.6. The molecule has 2 aromatic carbocycles. The standard InChI is InChI=1S/C23H23N3O2S2/c27-21(11-12-22(28)26-14-15-29-20-10-4-2-7-17(20)26)25-13-5-8-18(25)23-24-16-6-1-3-9-19(16)30-23/h1-4,6-7,9-10,18H,5,8,11-15H2. The van der Waals surface area contributed by atoms with Gasteiger partial charge < -0.3 is 9.80 Å². The largest absolute Gasteiger partial charge is 0.333 e. The van der Waals surface area contributed by atoms with Gasteiger partial charge >= 0.3 is 0 Å². The van der Waals surface area contributed by atoms with E-state index < -0.39 is 0 Å². The lowest BCUT2D eigenvalue weighted by molar-refractivity contribution is -0.134. The third-order valence-electron chi connectivity index (χ3n) is 5.75. The van der Waals surface area contributed by atoms with Gasteiger partial charge in [-0.15, -0.1) is 23.1 Å². The van der Waals surface area contributed by atoms with Crippen molar-refractivity contribution >= 4 is 50.8 Å². The van der Waals surface area contributed by atoms with Crippen LogP contribution in [0.1, 0.15) is 36.7 Å². The topological polar surface area (TPSA) is 53.5 Å². The molecule has 0 spiro atoms. The minimum Gasteiger partial charge on any atom is -0.333 e. The molecule has 3 aromatic rings. The van der Waals surface area contributed by atoms with Crippen molar-refractivity contribution in [1.82, 2.24) is 9.88 Å². The van der Waals surface area contributed by atoms with Crippen molar-refractivity contribution < 1.29 is 9.59 Å². The van der Waals surface area contributed by atoms with Gasteiger partial charge in [0.05, 0.1) is 21.9 Å². The normalized spacial score (nSPS) is 18.6. The van der Waals surface area contributed by atoms with Gasteiger partial charge in [-0.2, -0.15) is 0 Å². The number of rotatable bonds is 4. The number of thiazole rings is 1. The minimum atomic E-state index is 0.0341. The van der Waals surface area contributed by atoms with Crippen LogP contribution >= 0.6 is 23.1 Å². The van der Waals surface area contributed by atoms with Crippen molar-refractivity contribution in [2.24, 2.45) is 0 Å². The average Bonchev–Trinajstić information content (AvgIpc) is 3.43. The van der Waals surface area contributed by atoms with E-state index >= 15 is 0 Å². The quantitative estimate of drug-likeness (QED) is 0.584. The van der Waals surface area contributed by atoms with Gasteiger partial charge in [-0.3, -0.25) is 9.59 Å². The Morgan fingerprint density at radius 3 is 2.70 bits per heavy atom. The van der Waals surface area contributed by atoms with Crippen molar-refractivity contribution in [3.05, 3.63) is 53.5 Å². The van der Waals surface area contributed by atoms with Crippen LogP contribution in [0.3, 0.4) is 0 Å². The van der Waals surface area contributed by atoms with Gasteiger partial charge in [0, 0.05) is 36.6 Å². The van der Waals surface area contributed by atoms with Crippen LogP contribution in [-0.2, 0) is 9.59 Å². The maximum Gasteiger partial charge on any atom is 0.227 e. The number of nitrogens with zero attached hydrogens (tertiary/aromatic N) is 3. The summed E-state index contributed by atoms with van der Waals surface area (Å²) in [6.07, 6.45) is 2.43. The summed E-state index contributed by atoms with van der Waals surface area (Å²) in [6, 6.07) is 16.1. The molecule has 0 N–H and O–H groups in total. The van der Waals surface area contributed by atoms with Gasteiger partial charge in [-0.05, 0) is 37.1 Å². The number of carbonyl (C=O) groups excluding carboxylic acids is 2. The Hall–Kier alpha value is -2.38. The summed E-state index contributed by atoms with van der Waals surface area (Å²) < 4.78 is 1.16. The average molecular weight is 438 g/mol. The lowest BCUT2D eigenvalue weighted by Crippen LogP contribution is -2.37. The summed E-state index contributed by atoms with van der Waals surface area (Å²) >= 11 is 3.45. The number of hydrogen-bond acceptors (Lipinski definition) is 5. The van der Waals surface area contributed by atoms with E-state index in [0.717, 1.165) is 50.9 Å². The molecule has 1 saturated heterocycles. The van der Waals surface area contributed by atoms with E-state index in [0.29, 0.717) is 6.54 Å². The molecule has 0 saturated carbocycles. The first kappa shape index (κ1) is 19.6. The Bertz CT molecular complexity index is 1060. The molecule has 5 nitrogen and oxygen atoms in total. The lowest BCUT2D eigenvalue weighted by Gasteiger charge is -2.29. The van der Waals surface area contributed by atoms with Crippen molar-refractivity contribution in [3.8, 4) is 0 Å². The fourth-order valence-corrected chi connectivity index (χ4v) is 6.39. The van der Waals surface area contributed by atoms with Crippen molar-refractivity contribution in [1.29, 1.82) is 0 Å². The minimum absolute atomic E-state index is 0.0341. The molecule has 1 unspecified atom stereocenters. The maximum atomic E-state index is 13.0. The molecule has 0 radical (unpaired) electrons. The van der Waals surface area contributed by atoms with Crippen molar-refractivity contribution in [2.45, 2.75) is 36.6 Å². The molecule has 3 heterocycles. The zero-order chi connectivity index (χ0) is 20.5. The summed E-state index contributed by atoms with van der Waals surface area (Å²) in [5.74, 6) is 0.985. The van der Waals surface area contributed by atoms with Crippen LogP contribution in [0.2, 0.25) is 0 Å². The van der Waals surface area contributed by atoms with Crippen LogP contribution in [0, 0.1) is 0 Å². The van der Waals surface area contributed by atoms with Crippen molar-refractivity contribution in [3.63, 3.8) is 0 Å². The Morgan fingerprint density at radius 1 is 1.00 bits per heavy atom. The van der Waals surface area contributed by atoms with E-state index in [4.69, 9.17) is 4.98 Å².